The van der Waals surface area contributed by atoms with E-state index >= 15 is 0 Å². The number of nitrogens with one attached hydrogen (secondary N) is 4. The van der Waals surface area contributed by atoms with Gasteiger partial charge in [0.15, 0.2) is 0 Å². The van der Waals surface area contributed by atoms with E-state index in [-0.39, 0.29) is 105 Å². The quantitative estimate of drug-likeness (QED) is 0.0492. The number of benzene rings is 4. The Morgan fingerprint density at radius 2 is 0.788 bits per heavy atom. The van der Waals surface area contributed by atoms with Crippen molar-refractivity contribution >= 4 is 150 Å². The minimum atomic E-state index is -4.84. The molecule has 0 radical (unpaired) electrons. The van der Waals surface area contributed by atoms with Crippen molar-refractivity contribution in [1.29, 1.82) is 0 Å². The van der Waals surface area contributed by atoms with Gasteiger partial charge in [0.1, 0.15) is 9.79 Å². The second kappa shape index (κ2) is 22.3. The van der Waals surface area contributed by atoms with Crippen LogP contribution < -0.4 is 31.1 Å². The summed E-state index contributed by atoms with van der Waals surface area (Å²) in [6.07, 6.45) is 2.60. The molecule has 0 aliphatic carbocycles. The summed E-state index contributed by atoms with van der Waals surface area (Å²) in [5, 5.41) is 12.4. The minimum absolute atomic E-state index is 0. The number of aryl methyl sites for hydroxylation is 2. The zero-order valence-corrected chi connectivity index (χ0v) is 36.3. The molecule has 0 unspecified atom stereocenters. The number of morpholine rings is 2. The molecule has 2 aliphatic rings. The number of nitrogens with zero attached hydrogens (tertiary/aromatic N) is 8. The predicted octanol–water partition coefficient (Wildman–Crippen LogP) is 4.69. The van der Waals surface area contributed by atoms with Crippen molar-refractivity contribution in [2.24, 2.45) is 0 Å². The molecule has 336 valence electrons. The third kappa shape index (κ3) is 13.4. The Morgan fingerprint density at radius 3 is 1.11 bits per heavy atom. The number of rotatable bonds is 14. The molecule has 2 fully saturated rings. The topological polar surface area (TPSA) is 259 Å². The average molecular weight is 957 g/mol. The Balaban J connectivity index is 0.00000360. The fourth-order valence-corrected chi connectivity index (χ4v) is 8.10. The van der Waals surface area contributed by atoms with Crippen LogP contribution in [0.4, 0.5) is 58.4 Å². The molecule has 0 spiro atoms. The van der Waals surface area contributed by atoms with Gasteiger partial charge >= 0.3 is 59.1 Å². The molecular weight excluding hydrogens is 911 g/mol. The van der Waals surface area contributed by atoms with Gasteiger partial charge in [0.2, 0.25) is 35.7 Å². The van der Waals surface area contributed by atoms with E-state index in [2.05, 4.69) is 51.2 Å². The van der Waals surface area contributed by atoms with Crippen LogP contribution in [0.2, 0.25) is 0 Å². The van der Waals surface area contributed by atoms with Crippen LogP contribution in [0.1, 0.15) is 22.3 Å². The number of anilines is 10. The van der Waals surface area contributed by atoms with Crippen molar-refractivity contribution in [3.63, 3.8) is 0 Å². The van der Waals surface area contributed by atoms with Gasteiger partial charge in [0, 0.05) is 48.9 Å². The van der Waals surface area contributed by atoms with Gasteiger partial charge in [-0.3, -0.25) is 9.11 Å². The summed E-state index contributed by atoms with van der Waals surface area (Å²) >= 11 is 0. The Labute approximate surface area is 426 Å². The molecule has 6 N–H and O–H groups in total. The molecule has 24 heteroatoms. The van der Waals surface area contributed by atoms with Crippen molar-refractivity contribution in [1.82, 2.24) is 29.9 Å². The second-order valence-corrected chi connectivity index (χ2v) is 17.6. The van der Waals surface area contributed by atoms with E-state index in [0.29, 0.717) is 64.5 Å². The molecule has 2 saturated heterocycles. The molecule has 2 aromatic heterocycles. The maximum atomic E-state index is 12.8. The van der Waals surface area contributed by atoms with E-state index in [1.165, 1.54) is 48.6 Å². The first-order valence-corrected chi connectivity index (χ1v) is 22.9. The van der Waals surface area contributed by atoms with Crippen LogP contribution in [0.5, 0.6) is 0 Å². The van der Waals surface area contributed by atoms with Crippen molar-refractivity contribution in [3.8, 4) is 0 Å². The molecule has 6 aromatic rings. The van der Waals surface area contributed by atoms with Crippen LogP contribution in [0, 0.1) is 13.8 Å². The molecule has 0 amide bonds. The third-order valence-corrected chi connectivity index (χ3v) is 11.8. The molecule has 66 heavy (non-hydrogen) atoms. The molecule has 0 bridgehead atoms. The van der Waals surface area contributed by atoms with E-state index in [9.17, 15) is 25.9 Å². The molecule has 2 aliphatic heterocycles. The first kappa shape index (κ1) is 50.6. The summed E-state index contributed by atoms with van der Waals surface area (Å²) in [4.78, 5) is 30.3. The Hall–Kier alpha value is -4.82. The summed E-state index contributed by atoms with van der Waals surface area (Å²) in [7, 11) is -9.68. The summed E-state index contributed by atoms with van der Waals surface area (Å²) in [6, 6.07) is 23.6. The summed E-state index contributed by atoms with van der Waals surface area (Å²) in [5.74, 6) is 1.39. The van der Waals surface area contributed by atoms with Crippen LogP contribution in [0.3, 0.4) is 0 Å². The van der Waals surface area contributed by atoms with Crippen LogP contribution in [0.15, 0.2) is 94.7 Å². The van der Waals surface area contributed by atoms with Gasteiger partial charge in [-0.1, -0.05) is 59.7 Å². The Bertz CT molecular complexity index is 2710. The summed E-state index contributed by atoms with van der Waals surface area (Å²) in [5.41, 5.74) is 4.09. The van der Waals surface area contributed by atoms with E-state index in [4.69, 9.17) is 9.47 Å². The maximum absolute atomic E-state index is 12.8. The Morgan fingerprint density at radius 1 is 0.485 bits per heavy atom. The van der Waals surface area contributed by atoms with Crippen molar-refractivity contribution in [2.75, 3.05) is 83.7 Å². The molecule has 0 atom stereocenters. The van der Waals surface area contributed by atoms with Gasteiger partial charge in [0.25, 0.3) is 20.2 Å². The zero-order chi connectivity index (χ0) is 44.8. The zero-order valence-electron chi connectivity index (χ0n) is 34.6. The van der Waals surface area contributed by atoms with Gasteiger partial charge in [-0.15, -0.1) is 0 Å². The van der Waals surface area contributed by atoms with Gasteiger partial charge < -0.3 is 40.5 Å². The molecule has 0 saturated carbocycles. The van der Waals surface area contributed by atoms with E-state index in [0.717, 1.165) is 22.5 Å². The molecule has 4 aromatic carbocycles. The van der Waals surface area contributed by atoms with Crippen molar-refractivity contribution in [2.45, 2.75) is 23.6 Å². The first-order valence-electron chi connectivity index (χ1n) is 20.0. The number of ether oxygens (including phenoxy) is 2. The first-order chi connectivity index (χ1) is 30.7. The fraction of sp³-hybridized carbons (Fsp3) is 0.238. The van der Waals surface area contributed by atoms with Crippen molar-refractivity contribution < 1.29 is 35.4 Å². The van der Waals surface area contributed by atoms with E-state index in [1.807, 2.05) is 72.2 Å². The van der Waals surface area contributed by atoms with Gasteiger partial charge in [0.05, 0.1) is 26.4 Å². The van der Waals surface area contributed by atoms with E-state index < -0.39 is 30.0 Å². The number of hydrogen-bond acceptors (Lipinski definition) is 18. The number of aromatic nitrogens is 6. The predicted molar refractivity (Wildman–Crippen MR) is 257 cm³/mol. The SMILES string of the molecule is Cc1ccc(Nc2nc(Nc3ccc(/C=C/c4ccc(Nc5nc(Nc6ccc(C)cc6)nc(N6CCOCC6)n5)cc4S(=O)(=O)O)c(S(=O)(=O)O)c3)nc(N3CCOCC3)n2)cc1.[NaH].[NaH]. The summed E-state index contributed by atoms with van der Waals surface area (Å²) < 4.78 is 82.8. The third-order valence-electron chi connectivity index (χ3n) is 9.99. The summed E-state index contributed by atoms with van der Waals surface area (Å²) in [6.45, 7) is 8.07. The van der Waals surface area contributed by atoms with Crippen LogP contribution in [0.25, 0.3) is 12.2 Å². The van der Waals surface area contributed by atoms with Crippen LogP contribution in [-0.2, 0) is 29.7 Å². The van der Waals surface area contributed by atoms with Crippen molar-refractivity contribution in [3.05, 3.63) is 107 Å². The molecule has 8 rings (SSSR count). The van der Waals surface area contributed by atoms with Crippen LogP contribution in [-0.4, -0.2) is 168 Å². The normalized spacial score (nSPS) is 14.2. The van der Waals surface area contributed by atoms with Gasteiger partial charge in [-0.05, 0) is 73.5 Å². The fourth-order valence-electron chi connectivity index (χ4n) is 6.68. The van der Waals surface area contributed by atoms with Gasteiger partial charge in [-0.25, -0.2) is 0 Å². The van der Waals surface area contributed by atoms with Crippen LogP contribution >= 0.6 is 0 Å². The number of hydrogen-bond donors (Lipinski definition) is 6. The average Bonchev–Trinajstić information content (AvgIpc) is 3.27. The van der Waals surface area contributed by atoms with E-state index in [1.54, 1.807) is 0 Å². The van der Waals surface area contributed by atoms with Gasteiger partial charge in [-0.2, -0.15) is 46.7 Å². The second-order valence-electron chi connectivity index (χ2n) is 14.8. The Kier molecular flexibility index (Phi) is 17.1. The molecular formula is C42H46N12Na2O8S2. The monoisotopic (exact) mass is 956 g/mol. The molecule has 4 heterocycles. The molecule has 20 nitrogen and oxygen atoms in total. The standard InChI is InChI=1S/C42H44N12O8S2.2Na.2H/c1-27-3-11-31(12-4-27)43-37-47-39(51-41(49-37)53-17-21-61-22-18-53)45-33-15-9-29(35(25-33)63(55,56)57)7-8-30-10-16-34(26-36(30)64(58,59)60)46-40-48-38(44-32-13-5-28(2)6-14-32)50-42(52-40)54-19-23-62-24-20-54;;;;/h3-16,25-26H,17-24H2,1-2H3,(H,55,56,57)(H,58,59,60)(H2,43,45,47,49,51)(H2,44,46,48,50,52);;;;/b8-7+;;;;.